The molecule has 0 aliphatic heterocycles. The molecule has 0 spiro atoms. The highest BCUT2D eigenvalue weighted by Gasteiger charge is 2.41. The van der Waals surface area contributed by atoms with Crippen molar-refractivity contribution in [2.45, 2.75) is 153 Å². The third-order valence-corrected chi connectivity index (χ3v) is 11.0. The molecule has 12 heteroatoms. The van der Waals surface area contributed by atoms with Crippen LogP contribution in [0.3, 0.4) is 0 Å². The minimum atomic E-state index is -0.643. The SMILES string of the molecule is CCC(N=C=O)C1CCCCC1n1c(=O)n(C2CCCCC2C(CC)N=C=O)c(=O)n(C2CCCCC2C(CC)N=C=O)c1=O. The van der Waals surface area contributed by atoms with Crippen LogP contribution in [-0.2, 0) is 14.4 Å². The minimum Gasteiger partial charge on any atom is -0.247 e. The van der Waals surface area contributed by atoms with E-state index in [2.05, 4.69) is 15.0 Å². The summed E-state index contributed by atoms with van der Waals surface area (Å²) in [5.74, 6) is -0.735. The predicted octanol–water partition coefficient (Wildman–Crippen LogP) is 4.71. The van der Waals surface area contributed by atoms with Crippen LogP contribution in [0.1, 0.15) is 135 Å². The summed E-state index contributed by atoms with van der Waals surface area (Å²) in [6.07, 6.45) is 15.5. The molecule has 12 nitrogen and oxygen atoms in total. The van der Waals surface area contributed by atoms with Crippen LogP contribution < -0.4 is 17.1 Å². The normalized spacial score (nSPS) is 28.9. The maximum Gasteiger partial charge on any atom is 0.336 e. The van der Waals surface area contributed by atoms with Crippen molar-refractivity contribution in [3.63, 3.8) is 0 Å². The fraction of sp³-hybridized carbons (Fsp3) is 0.818. The first-order chi connectivity index (χ1) is 21.9. The molecule has 3 aliphatic carbocycles. The van der Waals surface area contributed by atoms with E-state index in [1.807, 2.05) is 20.8 Å². The molecule has 0 radical (unpaired) electrons. The standard InChI is InChI=1S/C33H48N6O6/c1-4-25(34-19-40)22-13-7-10-16-28(22)37-31(43)38(29-17-11-8-14-23(29)26(5-2)35-20-41)33(45)39(32(37)44)30-18-12-9-15-24(30)27(6-3)36-21-42/h22-30H,4-18H2,1-3H3. The first kappa shape index (κ1) is 34.4. The van der Waals surface area contributed by atoms with Gasteiger partial charge < -0.3 is 0 Å². The van der Waals surface area contributed by atoms with E-state index >= 15 is 0 Å². The van der Waals surface area contributed by atoms with Crippen LogP contribution in [0.4, 0.5) is 0 Å². The molecule has 0 N–H and O–H groups in total. The molecular formula is C33H48N6O6. The Hall–Kier alpha value is -3.45. The number of rotatable bonds is 12. The van der Waals surface area contributed by atoms with Gasteiger partial charge in [0.2, 0.25) is 18.2 Å². The Labute approximate surface area is 263 Å². The Morgan fingerprint density at radius 2 is 0.756 bits per heavy atom. The molecule has 45 heavy (non-hydrogen) atoms. The van der Waals surface area contributed by atoms with Crippen molar-refractivity contribution in [1.29, 1.82) is 0 Å². The number of hydrogen-bond donors (Lipinski definition) is 0. The number of aromatic nitrogens is 3. The summed E-state index contributed by atoms with van der Waals surface area (Å²) in [6.45, 7) is 5.78. The lowest BCUT2D eigenvalue weighted by atomic mass is 9.78. The lowest BCUT2D eigenvalue weighted by molar-refractivity contribution is 0.140. The summed E-state index contributed by atoms with van der Waals surface area (Å²) in [4.78, 5) is 90.4. The van der Waals surface area contributed by atoms with E-state index in [0.717, 1.165) is 38.5 Å². The average Bonchev–Trinajstić information content (AvgIpc) is 3.06. The van der Waals surface area contributed by atoms with Crippen LogP contribution in [0.5, 0.6) is 0 Å². The van der Waals surface area contributed by atoms with E-state index in [-0.39, 0.29) is 17.8 Å². The lowest BCUT2D eigenvalue weighted by Gasteiger charge is -2.40. The van der Waals surface area contributed by atoms with Crippen molar-refractivity contribution in [2.24, 2.45) is 32.7 Å². The van der Waals surface area contributed by atoms with Crippen LogP contribution in [0, 0.1) is 17.8 Å². The van der Waals surface area contributed by atoms with Crippen molar-refractivity contribution >= 4 is 18.2 Å². The topological polar surface area (TPSA) is 154 Å². The third kappa shape index (κ3) is 7.04. The van der Waals surface area contributed by atoms with Crippen molar-refractivity contribution in [3.8, 4) is 0 Å². The molecule has 0 bridgehead atoms. The van der Waals surface area contributed by atoms with Crippen LogP contribution in [-0.4, -0.2) is 50.1 Å². The van der Waals surface area contributed by atoms with Crippen LogP contribution in [0.2, 0.25) is 0 Å². The number of isocyanates is 3. The highest BCUT2D eigenvalue weighted by Crippen LogP contribution is 2.40. The largest absolute Gasteiger partial charge is 0.336 e. The summed E-state index contributed by atoms with van der Waals surface area (Å²) >= 11 is 0. The van der Waals surface area contributed by atoms with E-state index in [1.54, 1.807) is 18.2 Å². The van der Waals surface area contributed by atoms with Crippen LogP contribution >= 0.6 is 0 Å². The maximum atomic E-state index is 14.7. The molecule has 0 amide bonds. The van der Waals surface area contributed by atoms with Gasteiger partial charge in [-0.1, -0.05) is 59.3 Å². The molecular weight excluding hydrogens is 576 g/mol. The molecule has 1 aromatic heterocycles. The summed E-state index contributed by atoms with van der Waals surface area (Å²) in [5, 5.41) is 0. The van der Waals surface area contributed by atoms with Gasteiger partial charge in [-0.25, -0.2) is 57.4 Å². The molecule has 1 aromatic rings. The highest BCUT2D eigenvalue weighted by atomic mass is 16.2. The van der Waals surface area contributed by atoms with Gasteiger partial charge in [-0.3, -0.25) is 0 Å². The van der Waals surface area contributed by atoms with Gasteiger partial charge in [-0.05, 0) is 57.8 Å². The Morgan fingerprint density at radius 1 is 0.511 bits per heavy atom. The van der Waals surface area contributed by atoms with E-state index in [0.29, 0.717) is 57.8 Å². The second kappa shape index (κ2) is 16.2. The van der Waals surface area contributed by atoms with Crippen molar-refractivity contribution in [3.05, 3.63) is 31.5 Å². The van der Waals surface area contributed by atoms with Crippen LogP contribution in [0.25, 0.3) is 0 Å². The molecule has 0 saturated heterocycles. The monoisotopic (exact) mass is 624 g/mol. The number of aliphatic imine (C=N–C) groups is 3. The first-order valence-electron chi connectivity index (χ1n) is 17.1. The molecule has 1 heterocycles. The van der Waals surface area contributed by atoms with Crippen LogP contribution in [0.15, 0.2) is 29.4 Å². The number of nitrogens with zero attached hydrogens (tertiary/aromatic N) is 6. The molecule has 4 rings (SSSR count). The Morgan fingerprint density at radius 3 is 0.978 bits per heavy atom. The second-order valence-electron chi connectivity index (χ2n) is 13.1. The summed E-state index contributed by atoms with van der Waals surface area (Å²) in [6, 6.07) is -2.87. The molecule has 246 valence electrons. The zero-order valence-electron chi connectivity index (χ0n) is 26.9. The van der Waals surface area contributed by atoms with Gasteiger partial charge in [0.05, 0.1) is 18.1 Å². The number of hydrogen-bond acceptors (Lipinski definition) is 9. The lowest BCUT2D eigenvalue weighted by Crippen LogP contribution is -2.60. The van der Waals surface area contributed by atoms with E-state index < -0.39 is 53.3 Å². The molecule has 0 aromatic carbocycles. The Bertz CT molecular complexity index is 1290. The second-order valence-corrected chi connectivity index (χ2v) is 13.1. The minimum absolute atomic E-state index is 0.245. The Kier molecular flexibility index (Phi) is 12.4. The van der Waals surface area contributed by atoms with Gasteiger partial charge in [0.15, 0.2) is 0 Å². The average molecular weight is 625 g/mol. The van der Waals surface area contributed by atoms with Gasteiger partial charge in [0.25, 0.3) is 0 Å². The zero-order valence-corrected chi connectivity index (χ0v) is 26.9. The first-order valence-corrected chi connectivity index (χ1v) is 17.1. The highest BCUT2D eigenvalue weighted by molar-refractivity contribution is 5.34. The van der Waals surface area contributed by atoms with E-state index in [9.17, 15) is 28.8 Å². The Balaban J connectivity index is 2.03. The smallest absolute Gasteiger partial charge is 0.247 e. The van der Waals surface area contributed by atoms with Crippen molar-refractivity contribution in [2.75, 3.05) is 0 Å². The van der Waals surface area contributed by atoms with Gasteiger partial charge >= 0.3 is 17.1 Å². The van der Waals surface area contributed by atoms with Gasteiger partial charge in [0.1, 0.15) is 0 Å². The molecule has 3 saturated carbocycles. The van der Waals surface area contributed by atoms with Gasteiger partial charge in [-0.15, -0.1) is 0 Å². The summed E-state index contributed by atoms with van der Waals surface area (Å²) in [7, 11) is 0. The number of carbonyl (C=O) groups excluding carboxylic acids is 3. The van der Waals surface area contributed by atoms with Crippen molar-refractivity contribution in [1.82, 2.24) is 13.7 Å². The molecule has 3 fully saturated rings. The molecule has 3 aliphatic rings. The summed E-state index contributed by atoms with van der Waals surface area (Å²) in [5.41, 5.74) is -1.93. The predicted molar refractivity (Wildman–Crippen MR) is 169 cm³/mol. The van der Waals surface area contributed by atoms with Gasteiger partial charge in [-0.2, -0.15) is 0 Å². The fourth-order valence-corrected chi connectivity index (χ4v) is 8.85. The molecule has 9 atom stereocenters. The fourth-order valence-electron chi connectivity index (χ4n) is 8.85. The maximum absolute atomic E-state index is 14.7. The summed E-state index contributed by atoms with van der Waals surface area (Å²) < 4.78 is 3.87. The van der Waals surface area contributed by atoms with E-state index in [4.69, 9.17) is 0 Å². The van der Waals surface area contributed by atoms with E-state index in [1.165, 1.54) is 13.7 Å². The third-order valence-electron chi connectivity index (χ3n) is 11.0. The quantitative estimate of drug-likeness (QED) is 0.242. The zero-order chi connectivity index (χ0) is 32.5. The molecule has 9 unspecified atom stereocenters. The van der Waals surface area contributed by atoms with Gasteiger partial charge in [0, 0.05) is 35.9 Å². The van der Waals surface area contributed by atoms with Crippen molar-refractivity contribution < 1.29 is 14.4 Å².